The van der Waals surface area contributed by atoms with Crippen molar-refractivity contribution in [2.75, 3.05) is 20.1 Å². The Morgan fingerprint density at radius 3 is 3.00 bits per heavy atom. The second kappa shape index (κ2) is 5.62. The fourth-order valence-electron chi connectivity index (χ4n) is 2.92. The van der Waals surface area contributed by atoms with Crippen LogP contribution in [0.5, 0.6) is 0 Å². The number of hydrogen-bond acceptors (Lipinski definition) is 3. The number of fused-ring (bicyclic) bond motifs is 1. The Kier molecular flexibility index (Phi) is 4.02. The van der Waals surface area contributed by atoms with Gasteiger partial charge in [0.15, 0.2) is 5.65 Å². The van der Waals surface area contributed by atoms with Crippen LogP contribution in [0.3, 0.4) is 0 Å². The van der Waals surface area contributed by atoms with Crippen LogP contribution in [0.1, 0.15) is 24.5 Å². The highest BCUT2D eigenvalue weighted by atomic mass is 79.9. The molecule has 3 rings (SSSR count). The second-order valence-corrected chi connectivity index (χ2v) is 7.18. The van der Waals surface area contributed by atoms with Crippen LogP contribution >= 0.6 is 27.5 Å². The van der Waals surface area contributed by atoms with E-state index in [-0.39, 0.29) is 5.38 Å². The predicted octanol–water partition coefficient (Wildman–Crippen LogP) is 3.45. The maximum Gasteiger partial charge on any atom is 0.160 e. The molecule has 0 aromatic carbocycles. The molecule has 0 aliphatic carbocycles. The summed E-state index contributed by atoms with van der Waals surface area (Å²) >= 11 is 9.75. The zero-order valence-corrected chi connectivity index (χ0v) is 14.0. The highest BCUT2D eigenvalue weighted by Gasteiger charge is 2.23. The van der Waals surface area contributed by atoms with E-state index in [9.17, 15) is 0 Å². The van der Waals surface area contributed by atoms with Crippen molar-refractivity contribution in [1.29, 1.82) is 0 Å². The zero-order valence-electron chi connectivity index (χ0n) is 11.7. The maximum atomic E-state index is 6.30. The first-order valence-corrected chi connectivity index (χ1v) is 8.12. The Bertz CT molecular complexity index is 625. The monoisotopic (exact) mass is 356 g/mol. The Labute approximate surface area is 132 Å². The van der Waals surface area contributed by atoms with E-state index in [0.29, 0.717) is 5.92 Å². The van der Waals surface area contributed by atoms with E-state index >= 15 is 0 Å². The molecule has 0 radical (unpaired) electrons. The Morgan fingerprint density at radius 2 is 2.35 bits per heavy atom. The summed E-state index contributed by atoms with van der Waals surface area (Å²) in [5, 5.41) is -0.109. The molecule has 20 heavy (non-hydrogen) atoms. The van der Waals surface area contributed by atoms with Crippen molar-refractivity contribution in [2.45, 2.75) is 25.3 Å². The topological polar surface area (TPSA) is 34.0 Å². The number of imidazole rings is 1. The molecular formula is C14H18BrClN4. The highest BCUT2D eigenvalue weighted by molar-refractivity contribution is 9.10. The Hall–Kier alpha value is -0.650. The third-order valence-corrected chi connectivity index (χ3v) is 4.50. The van der Waals surface area contributed by atoms with Crippen LogP contribution in [-0.2, 0) is 6.54 Å². The molecule has 0 bridgehead atoms. The van der Waals surface area contributed by atoms with Gasteiger partial charge in [0.25, 0.3) is 0 Å². The van der Waals surface area contributed by atoms with Crippen LogP contribution < -0.4 is 0 Å². The van der Waals surface area contributed by atoms with Crippen LogP contribution in [-0.4, -0.2) is 39.6 Å². The van der Waals surface area contributed by atoms with Crippen molar-refractivity contribution in [3.05, 3.63) is 22.6 Å². The SMILES string of the molecule is CC(Cl)c1nc2cc(Br)cnc2n1CC1CCN(C)C1. The summed E-state index contributed by atoms with van der Waals surface area (Å²) in [5.74, 6) is 1.57. The fraction of sp³-hybridized carbons (Fsp3) is 0.571. The van der Waals surface area contributed by atoms with Crippen LogP contribution in [0.25, 0.3) is 11.2 Å². The van der Waals surface area contributed by atoms with E-state index in [1.165, 1.54) is 13.0 Å². The second-order valence-electron chi connectivity index (χ2n) is 5.61. The number of aromatic nitrogens is 3. The standard InChI is InChI=1S/C14H18BrClN4/c1-9(16)13-18-12-5-11(15)6-17-14(12)20(13)8-10-3-4-19(2)7-10/h5-6,9-10H,3-4,7-8H2,1-2H3. The largest absolute Gasteiger partial charge is 0.311 e. The van der Waals surface area contributed by atoms with Crippen molar-refractivity contribution in [3.63, 3.8) is 0 Å². The van der Waals surface area contributed by atoms with Gasteiger partial charge in [-0.05, 0) is 54.9 Å². The van der Waals surface area contributed by atoms with Gasteiger partial charge in [-0.1, -0.05) is 0 Å². The number of alkyl halides is 1. The minimum atomic E-state index is -0.109. The molecule has 2 unspecified atom stereocenters. The molecule has 0 N–H and O–H groups in total. The lowest BCUT2D eigenvalue weighted by Gasteiger charge is -2.15. The summed E-state index contributed by atoms with van der Waals surface area (Å²) in [6.07, 6.45) is 3.05. The summed E-state index contributed by atoms with van der Waals surface area (Å²) in [6, 6.07) is 2.00. The van der Waals surface area contributed by atoms with Gasteiger partial charge in [-0.3, -0.25) is 0 Å². The van der Waals surface area contributed by atoms with Crippen molar-refractivity contribution in [3.8, 4) is 0 Å². The molecular weight excluding hydrogens is 340 g/mol. The van der Waals surface area contributed by atoms with Crippen LogP contribution in [0.4, 0.5) is 0 Å². The first-order chi connectivity index (χ1) is 9.54. The predicted molar refractivity (Wildman–Crippen MR) is 85.1 cm³/mol. The third-order valence-electron chi connectivity index (χ3n) is 3.87. The van der Waals surface area contributed by atoms with Gasteiger partial charge in [-0.25, -0.2) is 9.97 Å². The van der Waals surface area contributed by atoms with E-state index in [4.69, 9.17) is 11.6 Å². The van der Waals surface area contributed by atoms with Gasteiger partial charge in [0.2, 0.25) is 0 Å². The number of likely N-dealkylation sites (tertiary alicyclic amines) is 1. The average molecular weight is 358 g/mol. The number of hydrogen-bond donors (Lipinski definition) is 0. The number of pyridine rings is 1. The first kappa shape index (κ1) is 14.3. The number of nitrogens with zero attached hydrogens (tertiary/aromatic N) is 4. The van der Waals surface area contributed by atoms with E-state index in [1.807, 2.05) is 19.2 Å². The van der Waals surface area contributed by atoms with E-state index < -0.39 is 0 Å². The van der Waals surface area contributed by atoms with E-state index in [1.54, 1.807) is 0 Å². The van der Waals surface area contributed by atoms with Gasteiger partial charge >= 0.3 is 0 Å². The van der Waals surface area contributed by atoms with Crippen molar-refractivity contribution < 1.29 is 0 Å². The molecule has 108 valence electrons. The average Bonchev–Trinajstić information content (AvgIpc) is 2.94. The van der Waals surface area contributed by atoms with Gasteiger partial charge in [-0.2, -0.15) is 0 Å². The van der Waals surface area contributed by atoms with Gasteiger partial charge in [-0.15, -0.1) is 11.6 Å². The van der Waals surface area contributed by atoms with Crippen LogP contribution in [0, 0.1) is 5.92 Å². The molecule has 1 fully saturated rings. The molecule has 1 aliphatic rings. The fourth-order valence-corrected chi connectivity index (χ4v) is 3.41. The number of rotatable bonds is 3. The molecule has 0 spiro atoms. The zero-order chi connectivity index (χ0) is 14.3. The molecule has 3 heterocycles. The molecule has 0 amide bonds. The molecule has 1 aliphatic heterocycles. The molecule has 2 aromatic heterocycles. The lowest BCUT2D eigenvalue weighted by Crippen LogP contribution is -2.18. The van der Waals surface area contributed by atoms with Gasteiger partial charge in [0, 0.05) is 23.8 Å². The normalized spacial score (nSPS) is 21.7. The van der Waals surface area contributed by atoms with E-state index in [2.05, 4.69) is 42.4 Å². The molecule has 2 atom stereocenters. The van der Waals surface area contributed by atoms with Gasteiger partial charge in [0.1, 0.15) is 11.3 Å². The molecule has 2 aromatic rings. The minimum Gasteiger partial charge on any atom is -0.311 e. The summed E-state index contributed by atoms with van der Waals surface area (Å²) in [5.41, 5.74) is 1.85. The number of halogens is 2. The lowest BCUT2D eigenvalue weighted by molar-refractivity contribution is 0.377. The highest BCUT2D eigenvalue weighted by Crippen LogP contribution is 2.27. The molecule has 0 saturated carbocycles. The first-order valence-electron chi connectivity index (χ1n) is 6.89. The summed E-state index contributed by atoms with van der Waals surface area (Å²) in [4.78, 5) is 11.6. The minimum absolute atomic E-state index is 0.109. The van der Waals surface area contributed by atoms with Gasteiger partial charge < -0.3 is 9.47 Å². The third kappa shape index (κ3) is 2.71. The van der Waals surface area contributed by atoms with Crippen LogP contribution in [0.2, 0.25) is 0 Å². The Balaban J connectivity index is 2.00. The van der Waals surface area contributed by atoms with Crippen molar-refractivity contribution in [1.82, 2.24) is 19.4 Å². The maximum absolute atomic E-state index is 6.30. The van der Waals surface area contributed by atoms with Crippen molar-refractivity contribution in [2.24, 2.45) is 5.92 Å². The lowest BCUT2D eigenvalue weighted by atomic mass is 10.1. The van der Waals surface area contributed by atoms with Crippen LogP contribution in [0.15, 0.2) is 16.7 Å². The quantitative estimate of drug-likeness (QED) is 0.789. The molecule has 6 heteroatoms. The molecule has 4 nitrogen and oxygen atoms in total. The summed E-state index contributed by atoms with van der Waals surface area (Å²) < 4.78 is 3.15. The van der Waals surface area contributed by atoms with E-state index in [0.717, 1.165) is 34.6 Å². The smallest absolute Gasteiger partial charge is 0.160 e. The van der Waals surface area contributed by atoms with Gasteiger partial charge in [0.05, 0.1) is 5.38 Å². The Morgan fingerprint density at radius 1 is 1.55 bits per heavy atom. The summed E-state index contributed by atoms with van der Waals surface area (Å²) in [7, 11) is 2.17. The molecule has 1 saturated heterocycles. The van der Waals surface area contributed by atoms with Crippen molar-refractivity contribution >= 4 is 38.7 Å². The summed E-state index contributed by atoms with van der Waals surface area (Å²) in [6.45, 7) is 5.21.